The van der Waals surface area contributed by atoms with Crippen LogP contribution in [0.2, 0.25) is 0 Å². The molecule has 7 rings (SSSR count). The average Bonchev–Trinajstić information content (AvgIpc) is 3.38. The second-order valence-corrected chi connectivity index (χ2v) is 10.4. The van der Waals surface area contributed by atoms with E-state index in [2.05, 4.69) is 16.3 Å². The summed E-state index contributed by atoms with van der Waals surface area (Å²) in [5, 5.41) is 19.2. The van der Waals surface area contributed by atoms with Crippen LogP contribution < -0.4 is 19.7 Å². The highest BCUT2D eigenvalue weighted by Gasteiger charge is 2.41. The van der Waals surface area contributed by atoms with E-state index in [9.17, 15) is 5.11 Å². The molecule has 9 nitrogen and oxygen atoms in total. The van der Waals surface area contributed by atoms with Crippen molar-refractivity contribution in [3.63, 3.8) is 0 Å². The van der Waals surface area contributed by atoms with Gasteiger partial charge in [0.1, 0.15) is 5.75 Å². The van der Waals surface area contributed by atoms with Gasteiger partial charge < -0.3 is 24.8 Å². The molecule has 2 N–H and O–H groups in total. The van der Waals surface area contributed by atoms with Crippen molar-refractivity contribution in [2.24, 2.45) is 9.98 Å². The van der Waals surface area contributed by atoms with Crippen molar-refractivity contribution in [2.75, 3.05) is 23.4 Å². The summed E-state index contributed by atoms with van der Waals surface area (Å²) in [4.78, 5) is 12.6. The van der Waals surface area contributed by atoms with Crippen molar-refractivity contribution in [2.45, 2.75) is 26.8 Å². The number of fused-ring (bicyclic) bond motifs is 4. The van der Waals surface area contributed by atoms with Crippen LogP contribution in [0, 0.1) is 6.92 Å². The van der Waals surface area contributed by atoms with Crippen molar-refractivity contribution in [3.05, 3.63) is 114 Å². The minimum absolute atomic E-state index is 0.0905. The van der Waals surface area contributed by atoms with Crippen molar-refractivity contribution >= 4 is 34.6 Å². The van der Waals surface area contributed by atoms with Gasteiger partial charge in [-0.25, -0.2) is 14.7 Å². The van der Waals surface area contributed by atoms with Gasteiger partial charge in [-0.3, -0.25) is 0 Å². The van der Waals surface area contributed by atoms with Gasteiger partial charge in [-0.1, -0.05) is 48.5 Å². The molecule has 0 aliphatic carbocycles. The topological polar surface area (TPSA) is 96.5 Å². The molecule has 0 saturated heterocycles. The lowest BCUT2D eigenvalue weighted by Gasteiger charge is -2.40. The molecule has 44 heavy (non-hydrogen) atoms. The largest absolute Gasteiger partial charge is 0.504 e. The summed E-state index contributed by atoms with van der Waals surface area (Å²) in [6.45, 7) is 6.84. The number of para-hydroxylation sites is 5. The zero-order valence-corrected chi connectivity index (χ0v) is 24.7. The Labute approximate surface area is 255 Å². The van der Waals surface area contributed by atoms with Gasteiger partial charge in [0.25, 0.3) is 0 Å². The minimum atomic E-state index is -0.356. The lowest BCUT2D eigenvalue weighted by atomic mass is 9.93. The van der Waals surface area contributed by atoms with Gasteiger partial charge in [-0.15, -0.1) is 0 Å². The number of benzene rings is 4. The number of aromatic hydroxyl groups is 1. The lowest BCUT2D eigenvalue weighted by Crippen LogP contribution is -2.46. The number of anilines is 2. The fourth-order valence-corrected chi connectivity index (χ4v) is 5.81. The van der Waals surface area contributed by atoms with Crippen LogP contribution in [-0.2, 0) is 0 Å². The molecule has 3 heterocycles. The third-order valence-electron chi connectivity index (χ3n) is 7.68. The van der Waals surface area contributed by atoms with E-state index in [1.54, 1.807) is 6.07 Å². The molecule has 0 radical (unpaired) electrons. The number of hydrogen-bond donors (Lipinski definition) is 2. The summed E-state index contributed by atoms with van der Waals surface area (Å²) in [5.41, 5.74) is 6.11. The number of aryl methyl sites for hydroxylation is 1. The summed E-state index contributed by atoms with van der Waals surface area (Å²) in [6, 6.07) is 31.0. The normalized spacial score (nSPS) is 15.0. The first-order valence-corrected chi connectivity index (χ1v) is 14.7. The highest BCUT2D eigenvalue weighted by atomic mass is 16.5. The van der Waals surface area contributed by atoms with Gasteiger partial charge in [0.2, 0.25) is 0 Å². The molecule has 220 valence electrons. The molecule has 1 atom stereocenters. The highest BCUT2D eigenvalue weighted by molar-refractivity contribution is 6.51. The van der Waals surface area contributed by atoms with E-state index in [4.69, 9.17) is 24.6 Å². The number of rotatable bonds is 7. The van der Waals surface area contributed by atoms with E-state index in [0.717, 1.165) is 45.3 Å². The van der Waals surface area contributed by atoms with Crippen LogP contribution in [0.15, 0.2) is 107 Å². The zero-order valence-electron chi connectivity index (χ0n) is 24.7. The van der Waals surface area contributed by atoms with E-state index in [-0.39, 0.29) is 11.8 Å². The van der Waals surface area contributed by atoms with Crippen LogP contribution in [0.5, 0.6) is 17.2 Å². The van der Waals surface area contributed by atoms with E-state index in [1.807, 2.05) is 110 Å². The predicted octanol–water partition coefficient (Wildman–Crippen LogP) is 7.48. The second-order valence-electron chi connectivity index (χ2n) is 10.4. The van der Waals surface area contributed by atoms with Crippen molar-refractivity contribution < 1.29 is 14.6 Å². The van der Waals surface area contributed by atoms with E-state index in [0.29, 0.717) is 36.5 Å². The van der Waals surface area contributed by atoms with Gasteiger partial charge in [0.15, 0.2) is 29.0 Å². The van der Waals surface area contributed by atoms with Crippen LogP contribution in [-0.4, -0.2) is 39.8 Å². The van der Waals surface area contributed by atoms with Gasteiger partial charge in [0, 0.05) is 5.56 Å². The maximum absolute atomic E-state index is 10.6. The van der Waals surface area contributed by atoms with Crippen molar-refractivity contribution in [3.8, 4) is 22.9 Å². The van der Waals surface area contributed by atoms with Gasteiger partial charge in [-0.2, -0.15) is 5.10 Å². The first-order chi connectivity index (χ1) is 21.6. The number of amidine groups is 2. The number of ether oxygens (including phenoxy) is 2. The SMILES string of the molecule is CCOc1cc([C@@H]2c3c(C)nn(-c4ccccc4)c3N=C3C(Nc4ccccc4OCC)=Nc4ccccc4N32)ccc1O. The molecule has 4 aromatic carbocycles. The quantitative estimate of drug-likeness (QED) is 0.206. The van der Waals surface area contributed by atoms with Crippen LogP contribution in [0.25, 0.3) is 5.69 Å². The Balaban J connectivity index is 1.49. The third-order valence-corrected chi connectivity index (χ3v) is 7.68. The fourth-order valence-electron chi connectivity index (χ4n) is 5.81. The molecule has 2 aliphatic heterocycles. The maximum atomic E-state index is 10.6. The monoisotopic (exact) mass is 584 g/mol. The summed E-state index contributed by atoms with van der Waals surface area (Å²) in [5.74, 6) is 3.16. The summed E-state index contributed by atoms with van der Waals surface area (Å²) < 4.78 is 13.7. The third kappa shape index (κ3) is 4.63. The lowest BCUT2D eigenvalue weighted by molar-refractivity contribution is 0.317. The molecule has 0 spiro atoms. The number of hydrogen-bond acceptors (Lipinski definition) is 8. The molecule has 1 aromatic heterocycles. The number of phenolic OH excluding ortho intramolecular Hbond substituents is 1. The average molecular weight is 585 g/mol. The van der Waals surface area contributed by atoms with Crippen molar-refractivity contribution in [1.29, 1.82) is 0 Å². The predicted molar refractivity (Wildman–Crippen MR) is 174 cm³/mol. The number of aromatic nitrogens is 2. The fraction of sp³-hybridized carbons (Fsp3) is 0.171. The number of phenols is 1. The standard InChI is InChI=1S/C35H32N6O3/c1-4-43-29-18-12-10-16-26(29)37-33-35-38-34-31(22(3)39-41(34)24-13-7-6-8-14-24)32(23-19-20-28(42)30(21-23)44-5-2)40(35)27-17-11-9-15-25(27)36-33/h6-21,32,42H,4-5H2,1-3H3,(H,36,37)/t32-/m1/s1. The zero-order chi connectivity index (χ0) is 30.2. The number of nitrogens with one attached hydrogen (secondary N) is 1. The van der Waals surface area contributed by atoms with Gasteiger partial charge >= 0.3 is 0 Å². The Kier molecular flexibility index (Phi) is 6.98. The van der Waals surface area contributed by atoms with E-state index in [1.165, 1.54) is 0 Å². The van der Waals surface area contributed by atoms with Gasteiger partial charge in [0.05, 0.1) is 47.7 Å². The Morgan fingerprint density at radius 2 is 1.55 bits per heavy atom. The maximum Gasteiger partial charge on any atom is 0.179 e. The Morgan fingerprint density at radius 3 is 2.36 bits per heavy atom. The molecule has 2 aliphatic rings. The molecule has 5 aromatic rings. The van der Waals surface area contributed by atoms with Gasteiger partial charge in [-0.05, 0) is 74.9 Å². The number of nitrogens with zero attached hydrogens (tertiary/aromatic N) is 5. The Bertz CT molecular complexity index is 1910. The molecule has 0 unspecified atom stereocenters. The van der Waals surface area contributed by atoms with Crippen LogP contribution in [0.3, 0.4) is 0 Å². The summed E-state index contributed by atoms with van der Waals surface area (Å²) in [7, 11) is 0. The molecule has 0 amide bonds. The molecule has 0 fully saturated rings. The molecule has 0 bridgehead atoms. The smallest absolute Gasteiger partial charge is 0.179 e. The number of aliphatic imine (C=N–C) groups is 2. The van der Waals surface area contributed by atoms with Crippen molar-refractivity contribution in [1.82, 2.24) is 9.78 Å². The second kappa shape index (κ2) is 11.3. The summed E-state index contributed by atoms with van der Waals surface area (Å²) in [6.07, 6.45) is 0. The first kappa shape index (κ1) is 27.3. The minimum Gasteiger partial charge on any atom is -0.504 e. The van der Waals surface area contributed by atoms with Crippen LogP contribution in [0.4, 0.5) is 22.9 Å². The molecule has 0 saturated carbocycles. The Hall–Kier alpha value is -5.57. The summed E-state index contributed by atoms with van der Waals surface area (Å²) >= 11 is 0. The molecule has 9 heteroatoms. The Morgan fingerprint density at radius 1 is 0.818 bits per heavy atom. The van der Waals surface area contributed by atoms with E-state index < -0.39 is 0 Å². The highest BCUT2D eigenvalue weighted by Crippen LogP contribution is 2.49. The van der Waals surface area contributed by atoms with E-state index >= 15 is 0 Å². The molecular formula is C35H32N6O3. The molecular weight excluding hydrogens is 552 g/mol. The van der Waals surface area contributed by atoms with Crippen LogP contribution >= 0.6 is 0 Å². The first-order valence-electron chi connectivity index (χ1n) is 14.7. The van der Waals surface area contributed by atoms with Crippen LogP contribution in [0.1, 0.15) is 36.7 Å².